The fourth-order valence-corrected chi connectivity index (χ4v) is 1.36. The van der Waals surface area contributed by atoms with Gasteiger partial charge in [-0.15, -0.1) is 0 Å². The lowest BCUT2D eigenvalue weighted by Gasteiger charge is -2.05. The van der Waals surface area contributed by atoms with Crippen LogP contribution in [0, 0.1) is 6.92 Å². The van der Waals surface area contributed by atoms with Gasteiger partial charge in [0, 0.05) is 24.1 Å². The number of rotatable bonds is 3. The molecular weight excluding hydrogens is 200 g/mol. The maximum atomic E-state index is 5.53. The third-order valence-electron chi connectivity index (χ3n) is 2.24. The van der Waals surface area contributed by atoms with Crippen LogP contribution in [0.1, 0.15) is 11.3 Å². The first-order valence-electron chi connectivity index (χ1n) is 5.13. The van der Waals surface area contributed by atoms with Crippen LogP contribution in [0.5, 0.6) is 0 Å². The van der Waals surface area contributed by atoms with Gasteiger partial charge < -0.3 is 11.1 Å². The van der Waals surface area contributed by atoms with Crippen LogP contribution in [0.3, 0.4) is 0 Å². The number of nitrogens with one attached hydrogen (secondary N) is 1. The predicted octanol–water partition coefficient (Wildman–Crippen LogP) is 1.99. The first-order chi connectivity index (χ1) is 7.78. The summed E-state index contributed by atoms with van der Waals surface area (Å²) in [4.78, 5) is 8.39. The number of nitrogens with zero attached hydrogens (tertiary/aromatic N) is 2. The van der Waals surface area contributed by atoms with E-state index >= 15 is 0 Å². The highest BCUT2D eigenvalue weighted by Crippen LogP contribution is 2.13. The number of aromatic nitrogens is 2. The summed E-state index contributed by atoms with van der Waals surface area (Å²) in [6.45, 7) is 2.49. The Morgan fingerprint density at radius 1 is 1.19 bits per heavy atom. The highest BCUT2D eigenvalue weighted by atomic mass is 15.1. The Morgan fingerprint density at radius 3 is 2.56 bits per heavy atom. The second-order valence-electron chi connectivity index (χ2n) is 3.55. The van der Waals surface area contributed by atoms with Gasteiger partial charge in [-0.2, -0.15) is 0 Å². The van der Waals surface area contributed by atoms with Crippen molar-refractivity contribution in [1.29, 1.82) is 0 Å². The molecule has 1 heterocycles. The lowest BCUT2D eigenvalue weighted by atomic mass is 10.2. The SMILES string of the molecule is Cc1ccnc(Nc2ccc(CN)cc2)n1. The maximum Gasteiger partial charge on any atom is 0.227 e. The van der Waals surface area contributed by atoms with Gasteiger partial charge in [0.05, 0.1) is 0 Å². The number of hydrogen-bond donors (Lipinski definition) is 2. The molecule has 0 fully saturated rings. The van der Waals surface area contributed by atoms with E-state index in [4.69, 9.17) is 5.73 Å². The zero-order valence-electron chi connectivity index (χ0n) is 9.14. The Hall–Kier alpha value is -1.94. The van der Waals surface area contributed by atoms with E-state index in [0.29, 0.717) is 12.5 Å². The van der Waals surface area contributed by atoms with Gasteiger partial charge in [-0.25, -0.2) is 9.97 Å². The minimum Gasteiger partial charge on any atom is -0.326 e. The summed E-state index contributed by atoms with van der Waals surface area (Å²) < 4.78 is 0. The molecule has 0 saturated carbocycles. The average Bonchev–Trinajstić information content (AvgIpc) is 2.30. The minimum absolute atomic E-state index is 0.557. The fraction of sp³-hybridized carbons (Fsp3) is 0.167. The maximum absolute atomic E-state index is 5.53. The highest BCUT2D eigenvalue weighted by molar-refractivity contribution is 5.53. The van der Waals surface area contributed by atoms with Gasteiger partial charge >= 0.3 is 0 Å². The first-order valence-corrected chi connectivity index (χ1v) is 5.13. The van der Waals surface area contributed by atoms with Crippen molar-refractivity contribution < 1.29 is 0 Å². The molecule has 0 spiro atoms. The molecule has 0 atom stereocenters. The molecular formula is C12H14N4. The molecule has 1 aromatic heterocycles. The molecule has 2 aromatic rings. The second kappa shape index (κ2) is 4.72. The third kappa shape index (κ3) is 2.55. The van der Waals surface area contributed by atoms with Crippen molar-refractivity contribution in [2.75, 3.05) is 5.32 Å². The van der Waals surface area contributed by atoms with Crippen molar-refractivity contribution in [3.8, 4) is 0 Å². The van der Waals surface area contributed by atoms with Gasteiger partial charge in [0.15, 0.2) is 0 Å². The van der Waals surface area contributed by atoms with Crippen molar-refractivity contribution in [3.63, 3.8) is 0 Å². The number of hydrogen-bond acceptors (Lipinski definition) is 4. The first kappa shape index (κ1) is 10.6. The number of aryl methyl sites for hydroxylation is 1. The van der Waals surface area contributed by atoms with Gasteiger partial charge in [-0.1, -0.05) is 12.1 Å². The van der Waals surface area contributed by atoms with E-state index in [1.165, 1.54) is 0 Å². The quantitative estimate of drug-likeness (QED) is 0.820. The number of benzene rings is 1. The number of anilines is 2. The monoisotopic (exact) mass is 214 g/mol. The molecule has 0 radical (unpaired) electrons. The standard InChI is InChI=1S/C12H14N4/c1-9-6-7-14-12(15-9)16-11-4-2-10(8-13)3-5-11/h2-7H,8,13H2,1H3,(H,14,15,16). The lowest BCUT2D eigenvalue weighted by molar-refractivity contribution is 1.07. The van der Waals surface area contributed by atoms with Crippen molar-refractivity contribution in [2.45, 2.75) is 13.5 Å². The van der Waals surface area contributed by atoms with E-state index in [-0.39, 0.29) is 0 Å². The zero-order chi connectivity index (χ0) is 11.4. The average molecular weight is 214 g/mol. The van der Waals surface area contributed by atoms with E-state index in [1.54, 1.807) is 6.20 Å². The van der Waals surface area contributed by atoms with Gasteiger partial charge in [0.1, 0.15) is 0 Å². The normalized spacial score (nSPS) is 10.1. The van der Waals surface area contributed by atoms with Crippen LogP contribution < -0.4 is 11.1 Å². The Kier molecular flexibility index (Phi) is 3.12. The molecule has 0 saturated heterocycles. The van der Waals surface area contributed by atoms with Crippen molar-refractivity contribution in [1.82, 2.24) is 9.97 Å². The molecule has 1 aromatic carbocycles. The predicted molar refractivity (Wildman–Crippen MR) is 64.4 cm³/mol. The highest BCUT2D eigenvalue weighted by Gasteiger charge is 1.97. The van der Waals surface area contributed by atoms with E-state index < -0.39 is 0 Å². The molecule has 0 unspecified atom stereocenters. The molecule has 4 nitrogen and oxygen atoms in total. The third-order valence-corrected chi connectivity index (χ3v) is 2.24. The summed E-state index contributed by atoms with van der Waals surface area (Å²) in [6, 6.07) is 9.76. The van der Waals surface area contributed by atoms with Crippen LogP contribution >= 0.6 is 0 Å². The van der Waals surface area contributed by atoms with Crippen LogP contribution in [0.15, 0.2) is 36.5 Å². The van der Waals surface area contributed by atoms with Crippen LogP contribution in [0.4, 0.5) is 11.6 Å². The van der Waals surface area contributed by atoms with Crippen LogP contribution in [-0.2, 0) is 6.54 Å². The topological polar surface area (TPSA) is 63.8 Å². The molecule has 0 aliphatic heterocycles. The van der Waals surface area contributed by atoms with E-state index in [0.717, 1.165) is 16.9 Å². The Labute approximate surface area is 94.5 Å². The summed E-state index contributed by atoms with van der Waals surface area (Å²) in [5, 5.41) is 3.13. The van der Waals surface area contributed by atoms with Crippen LogP contribution in [0.25, 0.3) is 0 Å². The molecule has 82 valence electrons. The zero-order valence-corrected chi connectivity index (χ0v) is 9.14. The number of nitrogens with two attached hydrogens (primary N) is 1. The van der Waals surface area contributed by atoms with E-state index in [9.17, 15) is 0 Å². The molecule has 16 heavy (non-hydrogen) atoms. The van der Waals surface area contributed by atoms with Gasteiger partial charge in [0.2, 0.25) is 5.95 Å². The summed E-state index contributed by atoms with van der Waals surface area (Å²) in [7, 11) is 0. The Balaban J connectivity index is 2.14. The fourth-order valence-electron chi connectivity index (χ4n) is 1.36. The van der Waals surface area contributed by atoms with E-state index in [1.807, 2.05) is 37.3 Å². The molecule has 0 aliphatic carbocycles. The summed E-state index contributed by atoms with van der Waals surface area (Å²) in [5.74, 6) is 0.612. The largest absolute Gasteiger partial charge is 0.326 e. The Morgan fingerprint density at radius 2 is 1.94 bits per heavy atom. The summed E-state index contributed by atoms with van der Waals surface area (Å²) in [5.41, 5.74) is 8.54. The summed E-state index contributed by atoms with van der Waals surface area (Å²) in [6.07, 6.45) is 1.74. The van der Waals surface area contributed by atoms with Crippen molar-refractivity contribution in [2.24, 2.45) is 5.73 Å². The smallest absolute Gasteiger partial charge is 0.227 e. The van der Waals surface area contributed by atoms with Crippen LogP contribution in [0.2, 0.25) is 0 Å². The molecule has 0 bridgehead atoms. The lowest BCUT2D eigenvalue weighted by Crippen LogP contribution is -1.99. The van der Waals surface area contributed by atoms with E-state index in [2.05, 4.69) is 15.3 Å². The molecule has 0 amide bonds. The summed E-state index contributed by atoms with van der Waals surface area (Å²) >= 11 is 0. The molecule has 3 N–H and O–H groups in total. The Bertz CT molecular complexity index is 465. The molecule has 4 heteroatoms. The van der Waals surface area contributed by atoms with Gasteiger partial charge in [0.25, 0.3) is 0 Å². The van der Waals surface area contributed by atoms with Gasteiger partial charge in [-0.3, -0.25) is 0 Å². The molecule has 2 rings (SSSR count). The second-order valence-corrected chi connectivity index (χ2v) is 3.55. The molecule has 0 aliphatic rings. The van der Waals surface area contributed by atoms with Crippen molar-refractivity contribution in [3.05, 3.63) is 47.8 Å². The van der Waals surface area contributed by atoms with Gasteiger partial charge in [-0.05, 0) is 30.7 Å². The van der Waals surface area contributed by atoms with Crippen LogP contribution in [-0.4, -0.2) is 9.97 Å². The minimum atomic E-state index is 0.557. The van der Waals surface area contributed by atoms with Crippen molar-refractivity contribution >= 4 is 11.6 Å².